The van der Waals surface area contributed by atoms with E-state index in [2.05, 4.69) is 47.4 Å². The topological polar surface area (TPSA) is 51.2 Å². The third kappa shape index (κ3) is 4.24. The minimum absolute atomic E-state index is 0.0427. The molecule has 0 saturated heterocycles. The highest BCUT2D eigenvalue weighted by Gasteiger charge is 2.30. The predicted octanol–water partition coefficient (Wildman–Crippen LogP) is 4.35. The lowest BCUT2D eigenvalue weighted by atomic mass is 9.87. The molecule has 0 unspecified atom stereocenters. The van der Waals surface area contributed by atoms with Crippen molar-refractivity contribution in [2.75, 3.05) is 27.9 Å². The number of fused-ring (bicyclic) bond motifs is 1. The molecule has 4 rings (SSSR count). The summed E-state index contributed by atoms with van der Waals surface area (Å²) < 4.78 is 16.5. The van der Waals surface area contributed by atoms with Crippen molar-refractivity contribution < 1.29 is 19.3 Å². The molecule has 1 aliphatic heterocycles. The largest absolute Gasteiger partial charge is 0.496 e. The molecular formula is C26H29NO4. The van der Waals surface area contributed by atoms with Crippen molar-refractivity contribution in [3.8, 4) is 17.2 Å². The predicted molar refractivity (Wildman–Crippen MR) is 121 cm³/mol. The Labute approximate surface area is 183 Å². The fourth-order valence-electron chi connectivity index (χ4n) is 4.48. The summed E-state index contributed by atoms with van der Waals surface area (Å²) in [4.78, 5) is 2.48. The van der Waals surface area contributed by atoms with Gasteiger partial charge in [0.25, 0.3) is 0 Å². The Bertz CT molecular complexity index is 1040. The van der Waals surface area contributed by atoms with Gasteiger partial charge in [0.05, 0.1) is 34.0 Å². The molecule has 1 heterocycles. The Morgan fingerprint density at radius 2 is 1.58 bits per heavy atom. The standard InChI is InChI=1S/C26H29NO4/c1-29-23-10-9-18(13-21(23)17-28)16-27-12-11-20-14-24(30-2)25(31-3)15-22(20)26(27)19-7-5-4-6-8-19/h4-10,13-15,26,28H,11-12,16-17H2,1-3H3/t26-/m1/s1. The summed E-state index contributed by atoms with van der Waals surface area (Å²) in [5, 5.41) is 9.73. The van der Waals surface area contributed by atoms with Crippen LogP contribution >= 0.6 is 0 Å². The second-order valence-electron chi connectivity index (χ2n) is 7.74. The molecule has 0 aliphatic carbocycles. The van der Waals surface area contributed by atoms with E-state index < -0.39 is 0 Å². The van der Waals surface area contributed by atoms with Gasteiger partial charge in [-0.15, -0.1) is 0 Å². The van der Waals surface area contributed by atoms with E-state index >= 15 is 0 Å². The van der Waals surface area contributed by atoms with Crippen molar-refractivity contribution in [2.24, 2.45) is 0 Å². The molecule has 3 aromatic rings. The minimum Gasteiger partial charge on any atom is -0.496 e. The molecule has 0 radical (unpaired) electrons. The molecule has 5 nitrogen and oxygen atoms in total. The second kappa shape index (κ2) is 9.41. The molecule has 1 atom stereocenters. The number of benzene rings is 3. The van der Waals surface area contributed by atoms with Gasteiger partial charge >= 0.3 is 0 Å². The van der Waals surface area contributed by atoms with Gasteiger partial charge in [0.15, 0.2) is 11.5 Å². The number of rotatable bonds is 7. The maximum atomic E-state index is 9.73. The number of ether oxygens (including phenoxy) is 3. The number of hydrogen-bond donors (Lipinski definition) is 1. The Morgan fingerprint density at radius 3 is 2.26 bits per heavy atom. The normalized spacial score (nSPS) is 15.9. The van der Waals surface area contributed by atoms with Gasteiger partial charge in [0, 0.05) is 18.7 Å². The van der Waals surface area contributed by atoms with Crippen molar-refractivity contribution in [3.05, 3.63) is 88.5 Å². The third-order valence-electron chi connectivity index (χ3n) is 5.99. The van der Waals surface area contributed by atoms with Crippen LogP contribution in [0.4, 0.5) is 0 Å². The summed E-state index contributed by atoms with van der Waals surface area (Å²) >= 11 is 0. The first-order valence-electron chi connectivity index (χ1n) is 10.5. The zero-order valence-electron chi connectivity index (χ0n) is 18.3. The SMILES string of the molecule is COc1ccc(CN2CCc3cc(OC)c(OC)cc3[C@H]2c2ccccc2)cc1CO. The van der Waals surface area contributed by atoms with Gasteiger partial charge in [0.1, 0.15) is 5.75 Å². The van der Waals surface area contributed by atoms with Crippen LogP contribution in [0.5, 0.6) is 17.2 Å². The van der Waals surface area contributed by atoms with Gasteiger partial charge in [0.2, 0.25) is 0 Å². The van der Waals surface area contributed by atoms with E-state index in [-0.39, 0.29) is 12.6 Å². The zero-order chi connectivity index (χ0) is 21.8. The van der Waals surface area contributed by atoms with Crippen LogP contribution in [0.15, 0.2) is 60.7 Å². The van der Waals surface area contributed by atoms with Crippen molar-refractivity contribution in [1.82, 2.24) is 4.90 Å². The summed E-state index contributed by atoms with van der Waals surface area (Å²) in [5.41, 5.74) is 5.72. The first-order chi connectivity index (χ1) is 15.2. The Morgan fingerprint density at radius 1 is 0.871 bits per heavy atom. The molecule has 0 saturated carbocycles. The van der Waals surface area contributed by atoms with Crippen molar-refractivity contribution in [1.29, 1.82) is 0 Å². The Hall–Kier alpha value is -3.02. The van der Waals surface area contributed by atoms with Crippen molar-refractivity contribution >= 4 is 0 Å². The molecule has 0 aromatic heterocycles. The molecule has 162 valence electrons. The molecule has 1 N–H and O–H groups in total. The molecule has 0 bridgehead atoms. The summed E-state index contributed by atoms with van der Waals surface area (Å²) in [6.45, 7) is 1.64. The summed E-state index contributed by atoms with van der Waals surface area (Å²) in [6, 6.07) is 20.9. The smallest absolute Gasteiger partial charge is 0.161 e. The first-order valence-corrected chi connectivity index (χ1v) is 10.5. The summed E-state index contributed by atoms with van der Waals surface area (Å²) in [5.74, 6) is 2.23. The van der Waals surface area contributed by atoms with E-state index in [9.17, 15) is 5.11 Å². The van der Waals surface area contributed by atoms with Crippen LogP contribution in [0.1, 0.15) is 33.9 Å². The minimum atomic E-state index is -0.0427. The van der Waals surface area contributed by atoms with Gasteiger partial charge in [-0.25, -0.2) is 0 Å². The average molecular weight is 420 g/mol. The van der Waals surface area contributed by atoms with Crippen LogP contribution in [0, 0.1) is 0 Å². The van der Waals surface area contributed by atoms with E-state index in [0.29, 0.717) is 5.75 Å². The van der Waals surface area contributed by atoms with Crippen LogP contribution in [0.3, 0.4) is 0 Å². The number of methoxy groups -OCH3 is 3. The molecule has 0 amide bonds. The first kappa shape index (κ1) is 21.2. The lowest BCUT2D eigenvalue weighted by Crippen LogP contribution is -2.35. The zero-order valence-corrected chi connectivity index (χ0v) is 18.3. The third-order valence-corrected chi connectivity index (χ3v) is 5.99. The molecule has 0 spiro atoms. The van der Waals surface area contributed by atoms with Crippen LogP contribution in [0.2, 0.25) is 0 Å². The van der Waals surface area contributed by atoms with Gasteiger partial charge in [-0.05, 0) is 52.9 Å². The van der Waals surface area contributed by atoms with E-state index in [4.69, 9.17) is 14.2 Å². The molecule has 5 heteroatoms. The Kier molecular flexibility index (Phi) is 6.44. The molecule has 3 aromatic carbocycles. The van der Waals surface area contributed by atoms with Crippen LogP contribution in [-0.2, 0) is 19.6 Å². The van der Waals surface area contributed by atoms with Crippen LogP contribution in [-0.4, -0.2) is 37.9 Å². The maximum Gasteiger partial charge on any atom is 0.161 e. The number of nitrogens with zero attached hydrogens (tertiary/aromatic N) is 1. The van der Waals surface area contributed by atoms with Gasteiger partial charge in [-0.3, -0.25) is 4.90 Å². The van der Waals surface area contributed by atoms with E-state index in [0.717, 1.165) is 42.1 Å². The van der Waals surface area contributed by atoms with Gasteiger partial charge in [-0.2, -0.15) is 0 Å². The number of aliphatic hydroxyl groups is 1. The van der Waals surface area contributed by atoms with E-state index in [1.807, 2.05) is 18.2 Å². The van der Waals surface area contributed by atoms with Crippen molar-refractivity contribution in [3.63, 3.8) is 0 Å². The molecule has 31 heavy (non-hydrogen) atoms. The molecule has 1 aliphatic rings. The lowest BCUT2D eigenvalue weighted by molar-refractivity contribution is 0.203. The fourth-order valence-corrected chi connectivity index (χ4v) is 4.48. The quantitative estimate of drug-likeness (QED) is 0.617. The lowest BCUT2D eigenvalue weighted by Gasteiger charge is -2.38. The number of aliphatic hydroxyl groups excluding tert-OH is 1. The summed E-state index contributed by atoms with van der Waals surface area (Å²) in [6.07, 6.45) is 0.933. The van der Waals surface area contributed by atoms with Crippen LogP contribution in [0.25, 0.3) is 0 Å². The van der Waals surface area contributed by atoms with Gasteiger partial charge < -0.3 is 19.3 Å². The fraction of sp³-hybridized carbons (Fsp3) is 0.308. The monoisotopic (exact) mass is 419 g/mol. The Balaban J connectivity index is 1.75. The van der Waals surface area contributed by atoms with E-state index in [1.54, 1.807) is 21.3 Å². The highest BCUT2D eigenvalue weighted by Crippen LogP contribution is 2.41. The highest BCUT2D eigenvalue weighted by molar-refractivity contribution is 5.51. The van der Waals surface area contributed by atoms with Crippen LogP contribution < -0.4 is 14.2 Å². The molecule has 0 fully saturated rings. The van der Waals surface area contributed by atoms with Gasteiger partial charge in [-0.1, -0.05) is 36.4 Å². The van der Waals surface area contributed by atoms with Crippen molar-refractivity contribution in [2.45, 2.75) is 25.6 Å². The average Bonchev–Trinajstić information content (AvgIpc) is 2.83. The number of hydrogen-bond acceptors (Lipinski definition) is 5. The maximum absolute atomic E-state index is 9.73. The van der Waals surface area contributed by atoms with E-state index in [1.165, 1.54) is 16.7 Å². The second-order valence-corrected chi connectivity index (χ2v) is 7.74. The summed E-state index contributed by atoms with van der Waals surface area (Å²) in [7, 11) is 4.98. The highest BCUT2D eigenvalue weighted by atomic mass is 16.5. The molecular weight excluding hydrogens is 390 g/mol.